The third kappa shape index (κ3) is 10.4. The number of guanidine groups is 1. The van der Waals surface area contributed by atoms with Gasteiger partial charge in [-0.2, -0.15) is 0 Å². The van der Waals surface area contributed by atoms with Crippen molar-refractivity contribution in [2.45, 2.75) is 53.3 Å². The van der Waals surface area contributed by atoms with Gasteiger partial charge >= 0.3 is 0 Å². The normalized spacial score (nSPS) is 16.2. The number of morpholine rings is 1. The molecule has 1 aromatic carbocycles. The Morgan fingerprint density at radius 2 is 1.90 bits per heavy atom. The average molecular weight is 533 g/mol. The lowest BCUT2D eigenvalue weighted by atomic mass is 10.0. The number of benzene rings is 1. The molecule has 1 heterocycles. The molecule has 1 fully saturated rings. The zero-order valence-electron chi connectivity index (χ0n) is 19.2. The summed E-state index contributed by atoms with van der Waals surface area (Å²) in [5, 5.41) is 6.80. The van der Waals surface area contributed by atoms with Crippen molar-refractivity contribution in [3.8, 4) is 0 Å². The Bertz CT molecular complexity index is 607. The fourth-order valence-corrected chi connectivity index (χ4v) is 3.51. The molecule has 1 atom stereocenters. The van der Waals surface area contributed by atoms with E-state index in [0.29, 0.717) is 12.5 Å². The zero-order valence-corrected chi connectivity index (χ0v) is 21.5. The lowest BCUT2D eigenvalue weighted by molar-refractivity contribution is 0.0258. The molecule has 1 aliphatic rings. The van der Waals surface area contributed by atoms with Crippen LogP contribution in [0.25, 0.3) is 0 Å². The molecule has 6 nitrogen and oxygen atoms in total. The summed E-state index contributed by atoms with van der Waals surface area (Å²) in [6, 6.07) is 8.76. The van der Waals surface area contributed by atoms with Crippen LogP contribution in [0.15, 0.2) is 29.3 Å². The summed E-state index contributed by atoms with van der Waals surface area (Å²) < 4.78 is 11.3. The van der Waals surface area contributed by atoms with Gasteiger partial charge in [-0.3, -0.25) is 4.90 Å². The summed E-state index contributed by atoms with van der Waals surface area (Å²) in [4.78, 5) is 7.22. The molecule has 2 rings (SSSR count). The number of nitrogens with one attached hydrogen (secondary N) is 2. The number of hydrogen-bond donors (Lipinski definition) is 2. The maximum Gasteiger partial charge on any atom is 0.191 e. The van der Waals surface area contributed by atoms with E-state index in [9.17, 15) is 0 Å². The molecule has 0 aliphatic carbocycles. The van der Waals surface area contributed by atoms with Crippen LogP contribution in [-0.2, 0) is 22.6 Å². The van der Waals surface area contributed by atoms with Crippen molar-refractivity contribution < 1.29 is 9.47 Å². The minimum absolute atomic E-state index is 0. The van der Waals surface area contributed by atoms with E-state index in [4.69, 9.17) is 14.5 Å². The first-order valence-corrected chi connectivity index (χ1v) is 11.1. The molecule has 1 aromatic rings. The Balaban J connectivity index is 0.00000450. The lowest BCUT2D eigenvalue weighted by Gasteiger charge is -2.26. The van der Waals surface area contributed by atoms with Crippen molar-refractivity contribution in [2.24, 2.45) is 10.9 Å². The average Bonchev–Trinajstić information content (AvgIpc) is 2.72. The molecular weight excluding hydrogens is 491 g/mol. The summed E-state index contributed by atoms with van der Waals surface area (Å²) in [6.07, 6.45) is 1.26. The molecule has 0 aromatic heterocycles. The van der Waals surface area contributed by atoms with Crippen molar-refractivity contribution >= 4 is 29.9 Å². The molecule has 172 valence electrons. The predicted molar refractivity (Wildman–Crippen MR) is 136 cm³/mol. The number of rotatable bonds is 11. The largest absolute Gasteiger partial charge is 0.379 e. The van der Waals surface area contributed by atoms with Gasteiger partial charge in [0.1, 0.15) is 0 Å². The van der Waals surface area contributed by atoms with Gasteiger partial charge in [0, 0.05) is 39.3 Å². The van der Waals surface area contributed by atoms with Crippen LogP contribution < -0.4 is 10.6 Å². The summed E-state index contributed by atoms with van der Waals surface area (Å²) in [5.74, 6) is 1.38. The topological polar surface area (TPSA) is 58.1 Å². The Hall–Kier alpha value is -0.900. The monoisotopic (exact) mass is 532 g/mol. The highest BCUT2D eigenvalue weighted by molar-refractivity contribution is 14.0. The second-order valence-electron chi connectivity index (χ2n) is 7.86. The number of hydrogen-bond acceptors (Lipinski definition) is 4. The number of nitrogens with zero attached hydrogens (tertiary/aromatic N) is 2. The molecule has 0 amide bonds. The van der Waals surface area contributed by atoms with E-state index in [0.717, 1.165) is 64.9 Å². The van der Waals surface area contributed by atoms with E-state index >= 15 is 0 Å². The van der Waals surface area contributed by atoms with Gasteiger partial charge < -0.3 is 20.1 Å². The Labute approximate surface area is 200 Å². The molecule has 0 bridgehead atoms. The fourth-order valence-electron chi connectivity index (χ4n) is 3.51. The molecule has 1 saturated heterocycles. The van der Waals surface area contributed by atoms with Crippen molar-refractivity contribution in [3.63, 3.8) is 0 Å². The Kier molecular flexibility index (Phi) is 14.3. The van der Waals surface area contributed by atoms with Gasteiger partial charge in [0.15, 0.2) is 5.96 Å². The smallest absolute Gasteiger partial charge is 0.191 e. The SMILES string of the molecule is CCNC(=NCc1cccc(CN2CCOCC2)c1)NCCC(OCC)C(C)C.I. The van der Waals surface area contributed by atoms with Crippen LogP contribution in [0.4, 0.5) is 0 Å². The van der Waals surface area contributed by atoms with Crippen LogP contribution in [-0.4, -0.2) is 63.0 Å². The minimum Gasteiger partial charge on any atom is -0.379 e. The summed E-state index contributed by atoms with van der Waals surface area (Å²) in [6.45, 7) is 16.4. The number of aliphatic imine (C=N–C) groups is 1. The maximum atomic E-state index is 5.84. The first kappa shape index (κ1) is 27.1. The van der Waals surface area contributed by atoms with Gasteiger partial charge in [-0.25, -0.2) is 4.99 Å². The van der Waals surface area contributed by atoms with Gasteiger partial charge in [0.25, 0.3) is 0 Å². The molecule has 0 spiro atoms. The standard InChI is InChI=1S/C23H40N4O2.HI/c1-5-24-23(25-11-10-22(19(3)4)29-6-2)26-17-20-8-7-9-21(16-20)18-27-12-14-28-15-13-27;/h7-9,16,19,22H,5-6,10-15,17-18H2,1-4H3,(H2,24,25,26);1H. The van der Waals surface area contributed by atoms with Gasteiger partial charge in [0.2, 0.25) is 0 Å². The maximum absolute atomic E-state index is 5.84. The van der Waals surface area contributed by atoms with Crippen LogP contribution in [0.2, 0.25) is 0 Å². The van der Waals surface area contributed by atoms with Crippen LogP contribution in [0, 0.1) is 5.92 Å². The Morgan fingerprint density at radius 3 is 2.57 bits per heavy atom. The van der Waals surface area contributed by atoms with Crippen LogP contribution >= 0.6 is 24.0 Å². The van der Waals surface area contributed by atoms with E-state index in [1.54, 1.807) is 0 Å². The molecule has 0 radical (unpaired) electrons. The summed E-state index contributed by atoms with van der Waals surface area (Å²) in [7, 11) is 0. The van der Waals surface area contributed by atoms with Crippen molar-refractivity contribution in [1.29, 1.82) is 0 Å². The van der Waals surface area contributed by atoms with E-state index in [-0.39, 0.29) is 30.1 Å². The highest BCUT2D eigenvalue weighted by Gasteiger charge is 2.13. The fraction of sp³-hybridized carbons (Fsp3) is 0.696. The van der Waals surface area contributed by atoms with Gasteiger partial charge in [0.05, 0.1) is 25.9 Å². The first-order valence-electron chi connectivity index (χ1n) is 11.1. The molecule has 0 saturated carbocycles. The van der Waals surface area contributed by atoms with Crippen molar-refractivity contribution in [2.75, 3.05) is 46.0 Å². The first-order chi connectivity index (χ1) is 14.1. The number of ether oxygens (including phenoxy) is 2. The molecule has 1 aliphatic heterocycles. The van der Waals surface area contributed by atoms with Crippen molar-refractivity contribution in [1.82, 2.24) is 15.5 Å². The lowest BCUT2D eigenvalue weighted by Crippen LogP contribution is -2.39. The second kappa shape index (κ2) is 15.8. The van der Waals surface area contributed by atoms with Crippen LogP contribution in [0.5, 0.6) is 0 Å². The number of halogens is 1. The highest BCUT2D eigenvalue weighted by Crippen LogP contribution is 2.12. The molecule has 30 heavy (non-hydrogen) atoms. The van der Waals surface area contributed by atoms with E-state index < -0.39 is 0 Å². The molecule has 7 heteroatoms. The highest BCUT2D eigenvalue weighted by atomic mass is 127. The summed E-state index contributed by atoms with van der Waals surface area (Å²) >= 11 is 0. The predicted octanol–water partition coefficient (Wildman–Crippen LogP) is 3.64. The van der Waals surface area contributed by atoms with Gasteiger partial charge in [-0.1, -0.05) is 38.1 Å². The third-order valence-electron chi connectivity index (χ3n) is 5.11. The van der Waals surface area contributed by atoms with E-state index in [1.165, 1.54) is 11.1 Å². The molecule has 1 unspecified atom stereocenters. The van der Waals surface area contributed by atoms with Gasteiger partial charge in [-0.15, -0.1) is 24.0 Å². The Morgan fingerprint density at radius 1 is 1.17 bits per heavy atom. The molecule has 2 N–H and O–H groups in total. The van der Waals surface area contributed by atoms with Crippen LogP contribution in [0.3, 0.4) is 0 Å². The third-order valence-corrected chi connectivity index (χ3v) is 5.11. The van der Waals surface area contributed by atoms with Crippen LogP contribution in [0.1, 0.15) is 45.2 Å². The quantitative estimate of drug-likeness (QED) is 0.259. The summed E-state index contributed by atoms with van der Waals surface area (Å²) in [5.41, 5.74) is 2.58. The zero-order chi connectivity index (χ0) is 20.9. The minimum atomic E-state index is 0. The second-order valence-corrected chi connectivity index (χ2v) is 7.86. The van der Waals surface area contributed by atoms with Crippen molar-refractivity contribution in [3.05, 3.63) is 35.4 Å². The van der Waals surface area contributed by atoms with E-state index in [1.807, 2.05) is 0 Å². The van der Waals surface area contributed by atoms with Gasteiger partial charge in [-0.05, 0) is 37.3 Å². The molecular formula is C23H41IN4O2. The van der Waals surface area contributed by atoms with E-state index in [2.05, 4.69) is 67.5 Å².